The van der Waals surface area contributed by atoms with Gasteiger partial charge in [-0.25, -0.2) is 0 Å². The van der Waals surface area contributed by atoms with Crippen molar-refractivity contribution in [1.29, 1.82) is 0 Å². The molecular formula is C12H20N2O5S. The van der Waals surface area contributed by atoms with E-state index in [0.29, 0.717) is 26.1 Å². The van der Waals surface area contributed by atoms with Crippen LogP contribution in [0, 0.1) is 0 Å². The maximum Gasteiger partial charge on any atom is 0.313 e. The van der Waals surface area contributed by atoms with Crippen molar-refractivity contribution in [2.24, 2.45) is 0 Å². The quantitative estimate of drug-likeness (QED) is 0.635. The zero-order valence-electron chi connectivity index (χ0n) is 11.5. The number of thioether (sulfide) groups is 1. The van der Waals surface area contributed by atoms with E-state index in [9.17, 15) is 14.4 Å². The molecule has 1 aliphatic rings. The number of hydrogen-bond donors (Lipinski definition) is 1. The van der Waals surface area contributed by atoms with Gasteiger partial charge in [0.1, 0.15) is 0 Å². The summed E-state index contributed by atoms with van der Waals surface area (Å²) < 4.78 is 4.58. The molecule has 114 valence electrons. The highest BCUT2D eigenvalue weighted by molar-refractivity contribution is 8.00. The second-order valence-electron chi connectivity index (χ2n) is 4.44. The number of hydrogen-bond acceptors (Lipinski definition) is 6. The molecule has 0 atom stereocenters. The molecule has 0 radical (unpaired) electrons. The van der Waals surface area contributed by atoms with Gasteiger partial charge in [0.2, 0.25) is 5.91 Å². The third-order valence-corrected chi connectivity index (χ3v) is 3.94. The van der Waals surface area contributed by atoms with E-state index >= 15 is 0 Å². The second-order valence-corrected chi connectivity index (χ2v) is 5.42. The van der Waals surface area contributed by atoms with E-state index in [1.165, 1.54) is 7.11 Å². The summed E-state index contributed by atoms with van der Waals surface area (Å²) in [5.41, 5.74) is 0. The van der Waals surface area contributed by atoms with Gasteiger partial charge in [-0.05, 0) is 0 Å². The Morgan fingerprint density at radius 3 is 2.35 bits per heavy atom. The molecule has 0 aromatic carbocycles. The van der Waals surface area contributed by atoms with Crippen LogP contribution in [-0.2, 0) is 19.1 Å². The first-order valence-electron chi connectivity index (χ1n) is 6.39. The first-order chi connectivity index (χ1) is 9.52. The van der Waals surface area contributed by atoms with Gasteiger partial charge in [-0.3, -0.25) is 19.3 Å². The Labute approximate surface area is 122 Å². The first kappa shape index (κ1) is 16.8. The van der Waals surface area contributed by atoms with Crippen LogP contribution in [0.3, 0.4) is 0 Å². The van der Waals surface area contributed by atoms with E-state index in [1.807, 2.05) is 0 Å². The third-order valence-electron chi connectivity index (χ3n) is 3.04. The van der Waals surface area contributed by atoms with Gasteiger partial charge in [0, 0.05) is 32.7 Å². The van der Waals surface area contributed by atoms with Crippen LogP contribution in [0.4, 0.5) is 0 Å². The minimum absolute atomic E-state index is 0.0242. The summed E-state index contributed by atoms with van der Waals surface area (Å²) in [7, 11) is 1.37. The van der Waals surface area contributed by atoms with Gasteiger partial charge in [0.15, 0.2) is 0 Å². The summed E-state index contributed by atoms with van der Waals surface area (Å²) in [6.07, 6.45) is 0.360. The lowest BCUT2D eigenvalue weighted by Crippen LogP contribution is -2.49. The molecule has 0 aromatic rings. The van der Waals surface area contributed by atoms with E-state index in [4.69, 9.17) is 5.11 Å². The molecular weight excluding hydrogens is 284 g/mol. The van der Waals surface area contributed by atoms with E-state index in [-0.39, 0.29) is 23.4 Å². The molecule has 20 heavy (non-hydrogen) atoms. The monoisotopic (exact) mass is 304 g/mol. The van der Waals surface area contributed by atoms with E-state index < -0.39 is 5.97 Å². The Balaban J connectivity index is 2.19. The van der Waals surface area contributed by atoms with Crippen molar-refractivity contribution in [3.8, 4) is 0 Å². The topological polar surface area (TPSA) is 87.2 Å². The summed E-state index contributed by atoms with van der Waals surface area (Å²) in [6, 6.07) is 0. The molecule has 1 saturated heterocycles. The summed E-state index contributed by atoms with van der Waals surface area (Å²) >= 11 is 1.12. The number of piperazine rings is 1. The van der Waals surface area contributed by atoms with Crippen molar-refractivity contribution in [3.05, 3.63) is 0 Å². The SMILES string of the molecule is COC(=O)CCN1CCN(C(=O)CSCC(=O)O)CC1. The summed E-state index contributed by atoms with van der Waals surface area (Å²) in [6.45, 7) is 3.34. The third kappa shape index (κ3) is 6.25. The molecule has 0 aromatic heterocycles. The molecule has 0 saturated carbocycles. The standard InChI is InChI=1S/C12H20N2O5S/c1-19-12(18)2-3-13-4-6-14(7-5-13)10(15)8-20-9-11(16)17/h2-9H2,1H3,(H,16,17). The fourth-order valence-electron chi connectivity index (χ4n) is 1.89. The van der Waals surface area contributed by atoms with E-state index in [2.05, 4.69) is 9.64 Å². The van der Waals surface area contributed by atoms with Crippen molar-refractivity contribution >= 4 is 29.6 Å². The Bertz CT molecular complexity index is 356. The summed E-state index contributed by atoms with van der Waals surface area (Å²) in [5.74, 6) is -1.01. The number of nitrogens with zero attached hydrogens (tertiary/aromatic N) is 2. The number of esters is 1. The van der Waals surface area contributed by atoms with E-state index in [0.717, 1.165) is 24.9 Å². The number of methoxy groups -OCH3 is 1. The highest BCUT2D eigenvalue weighted by atomic mass is 32.2. The molecule has 1 aliphatic heterocycles. The number of carbonyl (C=O) groups is 3. The van der Waals surface area contributed by atoms with Crippen LogP contribution in [0.2, 0.25) is 0 Å². The van der Waals surface area contributed by atoms with Crippen LogP contribution < -0.4 is 0 Å². The highest BCUT2D eigenvalue weighted by Crippen LogP contribution is 2.07. The molecule has 7 nitrogen and oxygen atoms in total. The fraction of sp³-hybridized carbons (Fsp3) is 0.750. The van der Waals surface area contributed by atoms with Gasteiger partial charge >= 0.3 is 11.9 Å². The number of amides is 1. The lowest BCUT2D eigenvalue weighted by molar-refractivity contribution is -0.141. The smallest absolute Gasteiger partial charge is 0.313 e. The lowest BCUT2D eigenvalue weighted by Gasteiger charge is -2.34. The van der Waals surface area contributed by atoms with Gasteiger partial charge in [-0.1, -0.05) is 0 Å². The molecule has 1 amide bonds. The Morgan fingerprint density at radius 1 is 1.15 bits per heavy atom. The summed E-state index contributed by atoms with van der Waals surface area (Å²) in [4.78, 5) is 37.1. The van der Waals surface area contributed by atoms with Crippen molar-refractivity contribution < 1.29 is 24.2 Å². The van der Waals surface area contributed by atoms with Crippen molar-refractivity contribution in [2.75, 3.05) is 51.3 Å². The van der Waals surface area contributed by atoms with Crippen molar-refractivity contribution in [1.82, 2.24) is 9.80 Å². The molecule has 1 N–H and O–H groups in total. The van der Waals surface area contributed by atoms with Crippen LogP contribution in [0.5, 0.6) is 0 Å². The molecule has 0 unspecified atom stereocenters. The van der Waals surface area contributed by atoms with Crippen molar-refractivity contribution in [2.45, 2.75) is 6.42 Å². The minimum atomic E-state index is -0.907. The molecule has 8 heteroatoms. The maximum atomic E-state index is 11.8. The highest BCUT2D eigenvalue weighted by Gasteiger charge is 2.21. The normalized spacial score (nSPS) is 15.9. The van der Waals surface area contributed by atoms with Gasteiger partial charge < -0.3 is 14.7 Å². The fourth-order valence-corrected chi connectivity index (χ4v) is 2.52. The minimum Gasteiger partial charge on any atom is -0.481 e. The molecule has 1 fully saturated rings. The number of rotatable bonds is 7. The number of carboxylic acid groups (broad SMARTS) is 1. The van der Waals surface area contributed by atoms with Gasteiger partial charge in [-0.2, -0.15) is 0 Å². The van der Waals surface area contributed by atoms with Crippen LogP contribution in [0.1, 0.15) is 6.42 Å². The van der Waals surface area contributed by atoms with E-state index in [1.54, 1.807) is 4.90 Å². The predicted molar refractivity (Wildman–Crippen MR) is 74.6 cm³/mol. The van der Waals surface area contributed by atoms with Crippen LogP contribution >= 0.6 is 11.8 Å². The maximum absolute atomic E-state index is 11.8. The molecule has 0 spiro atoms. The summed E-state index contributed by atoms with van der Waals surface area (Å²) in [5, 5.41) is 8.51. The zero-order chi connectivity index (χ0) is 15.0. The largest absolute Gasteiger partial charge is 0.481 e. The molecule has 1 heterocycles. The zero-order valence-corrected chi connectivity index (χ0v) is 12.4. The average Bonchev–Trinajstić information content (AvgIpc) is 2.44. The number of carboxylic acids is 1. The van der Waals surface area contributed by atoms with Crippen LogP contribution in [-0.4, -0.2) is 84.1 Å². The second kappa shape index (κ2) is 8.80. The Hall–Kier alpha value is -1.28. The Kier molecular flexibility index (Phi) is 7.38. The van der Waals surface area contributed by atoms with Crippen molar-refractivity contribution in [3.63, 3.8) is 0 Å². The Morgan fingerprint density at radius 2 is 1.80 bits per heavy atom. The average molecular weight is 304 g/mol. The molecule has 1 rings (SSSR count). The first-order valence-corrected chi connectivity index (χ1v) is 7.55. The van der Waals surface area contributed by atoms with Crippen LogP contribution in [0.15, 0.2) is 0 Å². The molecule has 0 aliphatic carbocycles. The number of ether oxygens (including phenoxy) is 1. The lowest BCUT2D eigenvalue weighted by atomic mass is 10.3. The molecule has 0 bridgehead atoms. The van der Waals surface area contributed by atoms with Gasteiger partial charge in [0.05, 0.1) is 25.0 Å². The van der Waals surface area contributed by atoms with Gasteiger partial charge in [-0.15, -0.1) is 11.8 Å². The van der Waals surface area contributed by atoms with Crippen LogP contribution in [0.25, 0.3) is 0 Å². The number of carbonyl (C=O) groups excluding carboxylic acids is 2. The number of aliphatic carboxylic acids is 1. The van der Waals surface area contributed by atoms with Gasteiger partial charge in [0.25, 0.3) is 0 Å². The predicted octanol–water partition coefficient (Wildman–Crippen LogP) is -0.488.